The first kappa shape index (κ1) is 27.5. The van der Waals surface area contributed by atoms with Crippen LogP contribution in [0.1, 0.15) is 24.5 Å². The molecule has 0 unspecified atom stereocenters. The van der Waals surface area contributed by atoms with Crippen molar-refractivity contribution < 1.29 is 28.3 Å². The van der Waals surface area contributed by atoms with E-state index in [9.17, 15) is 9.59 Å². The van der Waals surface area contributed by atoms with Crippen LogP contribution < -0.4 is 10.1 Å². The van der Waals surface area contributed by atoms with Gasteiger partial charge in [0.25, 0.3) is 5.89 Å². The Labute approximate surface area is 227 Å². The largest absolute Gasteiger partial charge is 0.496 e. The first-order chi connectivity index (χ1) is 19.0. The van der Waals surface area contributed by atoms with Gasteiger partial charge in [0.15, 0.2) is 0 Å². The van der Waals surface area contributed by atoms with Gasteiger partial charge in [0, 0.05) is 30.3 Å². The molecule has 9 heteroatoms. The molecule has 39 heavy (non-hydrogen) atoms. The molecule has 4 rings (SSSR count). The van der Waals surface area contributed by atoms with Gasteiger partial charge in [-0.25, -0.2) is 0 Å². The first-order valence-corrected chi connectivity index (χ1v) is 12.6. The summed E-state index contributed by atoms with van der Waals surface area (Å²) in [5.41, 5.74) is 5.19. The van der Waals surface area contributed by atoms with Crippen LogP contribution in [-0.4, -0.2) is 49.4 Å². The predicted molar refractivity (Wildman–Crippen MR) is 146 cm³/mol. The maximum atomic E-state index is 12.3. The van der Waals surface area contributed by atoms with Gasteiger partial charge in [-0.1, -0.05) is 47.6 Å². The molecule has 1 amide bonds. The second kappa shape index (κ2) is 13.3. The molecule has 0 radical (unpaired) electrons. The molecule has 0 saturated heterocycles. The molecule has 9 nitrogen and oxygen atoms in total. The molecule has 0 aliphatic rings. The fourth-order valence-electron chi connectivity index (χ4n) is 4.19. The molecule has 1 heterocycles. The third-order valence-corrected chi connectivity index (χ3v) is 5.98. The monoisotopic (exact) mass is 529 g/mol. The average molecular weight is 530 g/mol. The molecule has 0 aliphatic carbocycles. The van der Waals surface area contributed by atoms with E-state index in [0.29, 0.717) is 24.9 Å². The van der Waals surface area contributed by atoms with Crippen molar-refractivity contribution in [2.24, 2.45) is 0 Å². The zero-order valence-corrected chi connectivity index (χ0v) is 22.2. The van der Waals surface area contributed by atoms with Gasteiger partial charge in [0.1, 0.15) is 5.75 Å². The average Bonchev–Trinajstić information content (AvgIpc) is 3.44. The van der Waals surface area contributed by atoms with Crippen LogP contribution in [0.4, 0.5) is 0 Å². The zero-order chi connectivity index (χ0) is 27.6. The van der Waals surface area contributed by atoms with E-state index in [2.05, 4.69) is 15.5 Å². The number of ether oxygens (including phenoxy) is 3. The molecule has 1 N–H and O–H groups in total. The molecule has 0 spiro atoms. The SMILES string of the molecule is CCOC(=O)CCNC(=O)Cc1cccc(-c2noc(-c3ccc(-c4ccccc4OC)c(COC)c3)n2)c1. The summed E-state index contributed by atoms with van der Waals surface area (Å²) in [7, 11) is 3.30. The standard InChI is InChI=1S/C30H31N3O6/c1-4-38-28(35)14-15-31-27(34)17-20-8-7-9-21(16-20)29-32-30(39-33-29)22-12-13-24(23(18-22)19-36-2)25-10-5-6-11-26(25)37-3/h5-13,16,18H,4,14-15,17,19H2,1-3H3,(H,31,34). The third-order valence-electron chi connectivity index (χ3n) is 5.98. The van der Waals surface area contributed by atoms with Crippen LogP contribution in [0, 0.1) is 0 Å². The van der Waals surface area contributed by atoms with E-state index in [4.69, 9.17) is 18.7 Å². The number of hydrogen-bond acceptors (Lipinski definition) is 8. The minimum Gasteiger partial charge on any atom is -0.496 e. The zero-order valence-electron chi connectivity index (χ0n) is 22.2. The summed E-state index contributed by atoms with van der Waals surface area (Å²) in [6, 6.07) is 21.1. The summed E-state index contributed by atoms with van der Waals surface area (Å²) in [4.78, 5) is 28.4. The minimum atomic E-state index is -0.337. The molecule has 0 aliphatic heterocycles. The lowest BCUT2D eigenvalue weighted by Crippen LogP contribution is -2.27. The van der Waals surface area contributed by atoms with Gasteiger partial charge in [0.2, 0.25) is 11.7 Å². The maximum absolute atomic E-state index is 12.3. The second-order valence-electron chi connectivity index (χ2n) is 8.71. The molecule has 202 valence electrons. The highest BCUT2D eigenvalue weighted by Crippen LogP contribution is 2.35. The molecular formula is C30H31N3O6. The van der Waals surface area contributed by atoms with E-state index < -0.39 is 0 Å². The molecule has 0 fully saturated rings. The number of amides is 1. The number of nitrogens with one attached hydrogen (secondary N) is 1. The van der Waals surface area contributed by atoms with Gasteiger partial charge in [-0.3, -0.25) is 9.59 Å². The molecule has 4 aromatic rings. The highest BCUT2D eigenvalue weighted by Gasteiger charge is 2.16. The fourth-order valence-corrected chi connectivity index (χ4v) is 4.19. The van der Waals surface area contributed by atoms with Crippen molar-refractivity contribution in [2.75, 3.05) is 27.4 Å². The number of rotatable bonds is 12. The summed E-state index contributed by atoms with van der Waals surface area (Å²) < 4.78 is 21.5. The summed E-state index contributed by atoms with van der Waals surface area (Å²) >= 11 is 0. The number of hydrogen-bond donors (Lipinski definition) is 1. The lowest BCUT2D eigenvalue weighted by atomic mass is 9.97. The van der Waals surface area contributed by atoms with Crippen LogP contribution in [0.15, 0.2) is 71.3 Å². The van der Waals surface area contributed by atoms with E-state index in [1.807, 2.05) is 66.7 Å². The Morgan fingerprint density at radius 1 is 0.949 bits per heavy atom. The molecular weight excluding hydrogens is 498 g/mol. The van der Waals surface area contributed by atoms with Crippen LogP contribution in [0.2, 0.25) is 0 Å². The summed E-state index contributed by atoms with van der Waals surface area (Å²) in [5.74, 6) is 1.03. The predicted octanol–water partition coefficient (Wildman–Crippen LogP) is 4.84. The number of benzene rings is 3. The van der Waals surface area contributed by atoms with Crippen LogP contribution in [0.3, 0.4) is 0 Å². The van der Waals surface area contributed by atoms with Crippen molar-refractivity contribution in [1.29, 1.82) is 0 Å². The number of para-hydroxylation sites is 1. The van der Waals surface area contributed by atoms with Crippen LogP contribution in [0.25, 0.3) is 34.0 Å². The van der Waals surface area contributed by atoms with Crippen molar-refractivity contribution >= 4 is 11.9 Å². The second-order valence-corrected chi connectivity index (χ2v) is 8.71. The number of nitrogens with zero attached hydrogens (tertiary/aromatic N) is 2. The Bertz CT molecular complexity index is 1430. The molecule has 0 atom stereocenters. The first-order valence-electron chi connectivity index (χ1n) is 12.6. The summed E-state index contributed by atoms with van der Waals surface area (Å²) in [6.07, 6.45) is 0.295. The van der Waals surface area contributed by atoms with Gasteiger partial charge in [-0.05, 0) is 47.9 Å². The van der Waals surface area contributed by atoms with Crippen molar-refractivity contribution in [3.8, 4) is 39.7 Å². The van der Waals surface area contributed by atoms with Gasteiger partial charge in [-0.15, -0.1) is 0 Å². The lowest BCUT2D eigenvalue weighted by Gasteiger charge is -2.13. The number of carbonyl (C=O) groups excluding carboxylic acids is 2. The Morgan fingerprint density at radius 2 is 1.79 bits per heavy atom. The van der Waals surface area contributed by atoms with Gasteiger partial charge in [-0.2, -0.15) is 4.98 Å². The highest BCUT2D eigenvalue weighted by molar-refractivity contribution is 5.80. The lowest BCUT2D eigenvalue weighted by molar-refractivity contribution is -0.143. The van der Waals surface area contributed by atoms with Crippen LogP contribution in [0.5, 0.6) is 5.75 Å². The normalized spacial score (nSPS) is 10.7. The quantitative estimate of drug-likeness (QED) is 0.260. The van der Waals surface area contributed by atoms with E-state index in [0.717, 1.165) is 39.1 Å². The maximum Gasteiger partial charge on any atom is 0.307 e. The Morgan fingerprint density at radius 3 is 2.59 bits per heavy atom. The van der Waals surface area contributed by atoms with Crippen molar-refractivity contribution in [2.45, 2.75) is 26.4 Å². The number of aromatic nitrogens is 2. The van der Waals surface area contributed by atoms with Crippen LogP contribution >= 0.6 is 0 Å². The van der Waals surface area contributed by atoms with E-state index >= 15 is 0 Å². The minimum absolute atomic E-state index is 0.136. The van der Waals surface area contributed by atoms with E-state index in [1.54, 1.807) is 21.1 Å². The molecule has 3 aromatic carbocycles. The topological polar surface area (TPSA) is 113 Å². The fraction of sp³-hybridized carbons (Fsp3) is 0.267. The Kier molecular flexibility index (Phi) is 9.42. The third kappa shape index (κ3) is 7.08. The number of esters is 1. The summed E-state index contributed by atoms with van der Waals surface area (Å²) in [5, 5.41) is 6.90. The van der Waals surface area contributed by atoms with Crippen molar-refractivity contribution in [3.05, 3.63) is 77.9 Å². The van der Waals surface area contributed by atoms with Gasteiger partial charge in [0.05, 0.1) is 33.2 Å². The van der Waals surface area contributed by atoms with Gasteiger partial charge < -0.3 is 24.1 Å². The van der Waals surface area contributed by atoms with E-state index in [-0.39, 0.29) is 31.3 Å². The molecule has 0 saturated carbocycles. The Balaban J connectivity index is 1.49. The Hall–Kier alpha value is -4.50. The highest BCUT2D eigenvalue weighted by atomic mass is 16.5. The van der Waals surface area contributed by atoms with E-state index in [1.165, 1.54) is 0 Å². The number of carbonyl (C=O) groups is 2. The van der Waals surface area contributed by atoms with Gasteiger partial charge >= 0.3 is 5.97 Å². The smallest absolute Gasteiger partial charge is 0.307 e. The van der Waals surface area contributed by atoms with Crippen molar-refractivity contribution in [1.82, 2.24) is 15.5 Å². The van der Waals surface area contributed by atoms with Crippen molar-refractivity contribution in [3.63, 3.8) is 0 Å². The van der Waals surface area contributed by atoms with Crippen LogP contribution in [-0.2, 0) is 32.1 Å². The molecule has 1 aromatic heterocycles. The number of methoxy groups -OCH3 is 2. The summed E-state index contributed by atoms with van der Waals surface area (Å²) in [6.45, 7) is 2.69. The molecule has 0 bridgehead atoms.